The molecule has 1 N–H and O–H groups in total. The summed E-state index contributed by atoms with van der Waals surface area (Å²) in [6, 6.07) is 23.0. The Kier molecular flexibility index (Phi) is 8.48. The minimum atomic E-state index is -0.293. The number of halogens is 1. The Morgan fingerprint density at radius 3 is 2.47 bits per heavy atom. The summed E-state index contributed by atoms with van der Waals surface area (Å²) in [7, 11) is 0. The molecule has 7 heteroatoms. The van der Waals surface area contributed by atoms with E-state index in [0.717, 1.165) is 24.4 Å². The maximum absolute atomic E-state index is 13.9. The van der Waals surface area contributed by atoms with Gasteiger partial charge in [-0.2, -0.15) is 0 Å². The monoisotopic (exact) mass is 464 g/mol. The number of para-hydroxylation sites is 2. The molecular formula is C27H29FN2O4. The number of amides is 1. The first-order valence-electron chi connectivity index (χ1n) is 11.5. The lowest BCUT2D eigenvalue weighted by atomic mass is 10.0. The molecule has 6 nitrogen and oxygen atoms in total. The number of carbonyl (C=O) groups is 1. The number of ether oxygens (including phenoxy) is 3. The minimum absolute atomic E-state index is 0.157. The third kappa shape index (κ3) is 6.56. The van der Waals surface area contributed by atoms with Crippen molar-refractivity contribution in [3.8, 4) is 11.5 Å². The molecule has 178 valence electrons. The van der Waals surface area contributed by atoms with Crippen molar-refractivity contribution < 1.29 is 23.4 Å². The average molecular weight is 465 g/mol. The fraction of sp³-hybridized carbons (Fsp3) is 0.296. The Labute approximate surface area is 199 Å². The summed E-state index contributed by atoms with van der Waals surface area (Å²) in [4.78, 5) is 15.3. The Hall–Kier alpha value is -3.42. The van der Waals surface area contributed by atoms with E-state index in [1.54, 1.807) is 24.3 Å². The van der Waals surface area contributed by atoms with E-state index in [1.807, 2.05) is 42.5 Å². The second-order valence-electron chi connectivity index (χ2n) is 7.94. The predicted octanol–water partition coefficient (Wildman–Crippen LogP) is 4.09. The van der Waals surface area contributed by atoms with E-state index in [-0.39, 0.29) is 17.8 Å². The average Bonchev–Trinajstić information content (AvgIpc) is 2.88. The van der Waals surface area contributed by atoms with Crippen LogP contribution >= 0.6 is 0 Å². The topological polar surface area (TPSA) is 60.0 Å². The highest BCUT2D eigenvalue weighted by molar-refractivity contribution is 5.96. The highest BCUT2D eigenvalue weighted by atomic mass is 19.1. The van der Waals surface area contributed by atoms with Crippen LogP contribution in [-0.4, -0.2) is 56.9 Å². The van der Waals surface area contributed by atoms with Crippen LogP contribution in [0.25, 0.3) is 0 Å². The zero-order valence-corrected chi connectivity index (χ0v) is 19.0. The van der Waals surface area contributed by atoms with Gasteiger partial charge in [0.05, 0.1) is 24.8 Å². The standard InChI is InChI=1S/C27H29FN2O4/c28-22-8-6-7-21(19-22)25(30-13-15-32-16-14-30)20-29-27(31)24-11-4-5-12-26(24)34-18-17-33-23-9-2-1-3-10-23/h1-12,19,25H,13-18,20H2,(H,29,31). The molecule has 1 saturated heterocycles. The lowest BCUT2D eigenvalue weighted by Crippen LogP contribution is -2.43. The first-order valence-corrected chi connectivity index (χ1v) is 11.5. The van der Waals surface area contributed by atoms with Gasteiger partial charge in [-0.25, -0.2) is 4.39 Å². The first kappa shape index (κ1) is 23.7. The molecule has 1 heterocycles. The van der Waals surface area contributed by atoms with E-state index in [4.69, 9.17) is 14.2 Å². The van der Waals surface area contributed by atoms with Crippen LogP contribution in [0.3, 0.4) is 0 Å². The fourth-order valence-corrected chi connectivity index (χ4v) is 3.95. The molecule has 3 aromatic carbocycles. The number of carbonyl (C=O) groups excluding carboxylic acids is 1. The quantitative estimate of drug-likeness (QED) is 0.458. The van der Waals surface area contributed by atoms with E-state index in [0.29, 0.717) is 44.3 Å². The molecule has 1 fully saturated rings. The Balaban J connectivity index is 1.38. The van der Waals surface area contributed by atoms with E-state index >= 15 is 0 Å². The smallest absolute Gasteiger partial charge is 0.255 e. The van der Waals surface area contributed by atoms with Crippen molar-refractivity contribution in [2.24, 2.45) is 0 Å². The third-order valence-corrected chi connectivity index (χ3v) is 5.66. The fourth-order valence-electron chi connectivity index (χ4n) is 3.95. The number of nitrogens with zero attached hydrogens (tertiary/aromatic N) is 1. The number of rotatable bonds is 10. The van der Waals surface area contributed by atoms with Crippen molar-refractivity contribution in [3.05, 3.63) is 95.8 Å². The molecule has 0 aromatic heterocycles. The minimum Gasteiger partial charge on any atom is -0.490 e. The van der Waals surface area contributed by atoms with Crippen molar-refractivity contribution >= 4 is 5.91 Å². The summed E-state index contributed by atoms with van der Waals surface area (Å²) in [6.07, 6.45) is 0. The van der Waals surface area contributed by atoms with Gasteiger partial charge >= 0.3 is 0 Å². The van der Waals surface area contributed by atoms with Crippen LogP contribution < -0.4 is 14.8 Å². The Morgan fingerprint density at radius 2 is 1.68 bits per heavy atom. The van der Waals surface area contributed by atoms with Crippen LogP contribution in [0.15, 0.2) is 78.9 Å². The van der Waals surface area contributed by atoms with Gasteiger partial charge in [0.1, 0.15) is 30.5 Å². The van der Waals surface area contributed by atoms with Crippen LogP contribution in [0.1, 0.15) is 22.0 Å². The van der Waals surface area contributed by atoms with Crippen LogP contribution in [-0.2, 0) is 4.74 Å². The predicted molar refractivity (Wildman–Crippen MR) is 128 cm³/mol. The Morgan fingerprint density at radius 1 is 0.941 bits per heavy atom. The van der Waals surface area contributed by atoms with Gasteiger partial charge in [0, 0.05) is 19.6 Å². The van der Waals surface area contributed by atoms with Crippen LogP contribution in [0.4, 0.5) is 4.39 Å². The summed E-state index contributed by atoms with van der Waals surface area (Å²) in [5.41, 5.74) is 1.27. The lowest BCUT2D eigenvalue weighted by Gasteiger charge is -2.35. The van der Waals surface area contributed by atoms with E-state index in [2.05, 4.69) is 10.2 Å². The summed E-state index contributed by atoms with van der Waals surface area (Å²) >= 11 is 0. The van der Waals surface area contributed by atoms with Crippen molar-refractivity contribution in [2.45, 2.75) is 6.04 Å². The van der Waals surface area contributed by atoms with Gasteiger partial charge in [0.25, 0.3) is 5.91 Å². The third-order valence-electron chi connectivity index (χ3n) is 5.66. The lowest BCUT2D eigenvalue weighted by molar-refractivity contribution is 0.0161. The van der Waals surface area contributed by atoms with Crippen molar-refractivity contribution in [3.63, 3.8) is 0 Å². The van der Waals surface area contributed by atoms with Gasteiger partial charge in [-0.05, 0) is 42.0 Å². The van der Waals surface area contributed by atoms with Gasteiger partial charge in [-0.3, -0.25) is 9.69 Å². The zero-order chi connectivity index (χ0) is 23.6. The van der Waals surface area contributed by atoms with Gasteiger partial charge < -0.3 is 19.5 Å². The summed E-state index contributed by atoms with van der Waals surface area (Å²) in [5, 5.41) is 3.02. The van der Waals surface area contributed by atoms with Gasteiger partial charge in [-0.15, -0.1) is 0 Å². The number of hydrogen-bond acceptors (Lipinski definition) is 5. The number of morpholine rings is 1. The maximum atomic E-state index is 13.9. The Bertz CT molecular complexity index is 1060. The van der Waals surface area contributed by atoms with Crippen LogP contribution in [0.2, 0.25) is 0 Å². The number of benzene rings is 3. The summed E-state index contributed by atoms with van der Waals surface area (Å²) < 4.78 is 30.9. The number of hydrogen-bond donors (Lipinski definition) is 1. The SMILES string of the molecule is O=C(NCC(c1cccc(F)c1)N1CCOCC1)c1ccccc1OCCOc1ccccc1. The molecule has 1 amide bonds. The summed E-state index contributed by atoms with van der Waals surface area (Å²) in [6.45, 7) is 3.67. The number of nitrogens with one attached hydrogen (secondary N) is 1. The normalized spacial score (nSPS) is 14.9. The maximum Gasteiger partial charge on any atom is 0.255 e. The van der Waals surface area contributed by atoms with Gasteiger partial charge in [-0.1, -0.05) is 42.5 Å². The highest BCUT2D eigenvalue weighted by Gasteiger charge is 2.24. The molecule has 0 radical (unpaired) electrons. The van der Waals surface area contributed by atoms with Crippen LogP contribution in [0.5, 0.6) is 11.5 Å². The molecule has 4 rings (SSSR count). The molecule has 1 aliphatic heterocycles. The van der Waals surface area contributed by atoms with Crippen molar-refractivity contribution in [2.75, 3.05) is 46.1 Å². The molecule has 1 aliphatic rings. The molecule has 3 aromatic rings. The molecule has 34 heavy (non-hydrogen) atoms. The highest BCUT2D eigenvalue weighted by Crippen LogP contribution is 2.23. The molecular weight excluding hydrogens is 435 g/mol. The second-order valence-corrected chi connectivity index (χ2v) is 7.94. The van der Waals surface area contributed by atoms with Crippen molar-refractivity contribution in [1.82, 2.24) is 10.2 Å². The largest absolute Gasteiger partial charge is 0.490 e. The molecule has 0 saturated carbocycles. The molecule has 0 bridgehead atoms. The molecule has 0 aliphatic carbocycles. The van der Waals surface area contributed by atoms with E-state index in [1.165, 1.54) is 12.1 Å². The molecule has 1 unspecified atom stereocenters. The van der Waals surface area contributed by atoms with Gasteiger partial charge in [0.15, 0.2) is 0 Å². The van der Waals surface area contributed by atoms with E-state index < -0.39 is 0 Å². The van der Waals surface area contributed by atoms with Gasteiger partial charge in [0.2, 0.25) is 0 Å². The summed E-state index contributed by atoms with van der Waals surface area (Å²) in [5.74, 6) is 0.724. The zero-order valence-electron chi connectivity index (χ0n) is 19.0. The molecule has 0 spiro atoms. The first-order chi connectivity index (χ1) is 16.7. The molecule has 1 atom stereocenters. The van der Waals surface area contributed by atoms with E-state index in [9.17, 15) is 9.18 Å². The van der Waals surface area contributed by atoms with Crippen LogP contribution in [0, 0.1) is 5.82 Å². The van der Waals surface area contributed by atoms with Crippen molar-refractivity contribution in [1.29, 1.82) is 0 Å². The second kappa shape index (κ2) is 12.2.